The van der Waals surface area contributed by atoms with E-state index in [4.69, 9.17) is 0 Å². The molecule has 1 aromatic heterocycles. The molecule has 0 aliphatic heterocycles. The third kappa shape index (κ3) is 2.81. The van der Waals surface area contributed by atoms with Gasteiger partial charge in [0.15, 0.2) is 0 Å². The highest BCUT2D eigenvalue weighted by atomic mass is 16.1. The van der Waals surface area contributed by atoms with Crippen LogP contribution in [-0.2, 0) is 0 Å². The first-order chi connectivity index (χ1) is 7.60. The van der Waals surface area contributed by atoms with Gasteiger partial charge in [0, 0.05) is 12.7 Å². The lowest BCUT2D eigenvalue weighted by molar-refractivity contribution is 0.0958. The molecule has 1 atom stereocenters. The molecule has 16 heavy (non-hydrogen) atoms. The first kappa shape index (κ1) is 12.7. The molecule has 3 nitrogen and oxygen atoms in total. The minimum atomic E-state index is -0.127. The van der Waals surface area contributed by atoms with E-state index in [-0.39, 0.29) is 5.91 Å². The summed E-state index contributed by atoms with van der Waals surface area (Å²) in [4.78, 5) is 15.7. The van der Waals surface area contributed by atoms with Crippen LogP contribution in [0.3, 0.4) is 0 Å². The van der Waals surface area contributed by atoms with Crippen LogP contribution in [0.15, 0.2) is 12.1 Å². The summed E-state index contributed by atoms with van der Waals surface area (Å²) >= 11 is 0. The number of carbonyl (C=O) groups is 1. The summed E-state index contributed by atoms with van der Waals surface area (Å²) in [5, 5.41) is 2.58. The Labute approximate surface area is 97.3 Å². The van der Waals surface area contributed by atoms with Gasteiger partial charge in [0.25, 0.3) is 5.91 Å². The number of carbonyl (C=O) groups excluding carboxylic acids is 1. The van der Waals surface area contributed by atoms with Crippen LogP contribution in [0.5, 0.6) is 0 Å². The van der Waals surface area contributed by atoms with E-state index in [1.165, 1.54) is 5.56 Å². The van der Waals surface area contributed by atoms with Gasteiger partial charge >= 0.3 is 0 Å². The zero-order valence-corrected chi connectivity index (χ0v) is 10.5. The van der Waals surface area contributed by atoms with Gasteiger partial charge in [-0.2, -0.15) is 0 Å². The molecule has 88 valence electrons. The predicted molar refractivity (Wildman–Crippen MR) is 65.7 cm³/mol. The Morgan fingerprint density at radius 1 is 1.50 bits per heavy atom. The lowest BCUT2D eigenvalue weighted by Gasteiger charge is -2.13. The SMILES string of the molecule is CCCC(C)c1ccc(C(=O)NC)nc1C. The van der Waals surface area contributed by atoms with E-state index in [1.807, 2.05) is 13.0 Å². The highest BCUT2D eigenvalue weighted by Gasteiger charge is 2.11. The number of rotatable bonds is 4. The van der Waals surface area contributed by atoms with Crippen molar-refractivity contribution in [1.82, 2.24) is 10.3 Å². The van der Waals surface area contributed by atoms with Crippen molar-refractivity contribution in [3.63, 3.8) is 0 Å². The van der Waals surface area contributed by atoms with E-state index >= 15 is 0 Å². The number of aryl methyl sites for hydroxylation is 1. The predicted octanol–water partition coefficient (Wildman–Crippen LogP) is 2.65. The quantitative estimate of drug-likeness (QED) is 0.847. The fourth-order valence-corrected chi connectivity index (χ4v) is 1.94. The molecule has 1 rings (SSSR count). The van der Waals surface area contributed by atoms with Crippen molar-refractivity contribution in [3.8, 4) is 0 Å². The van der Waals surface area contributed by atoms with E-state index in [0.29, 0.717) is 11.6 Å². The largest absolute Gasteiger partial charge is 0.354 e. The van der Waals surface area contributed by atoms with Gasteiger partial charge in [0.05, 0.1) is 0 Å². The Balaban J connectivity index is 2.95. The van der Waals surface area contributed by atoms with Crippen molar-refractivity contribution in [2.75, 3.05) is 7.05 Å². The summed E-state index contributed by atoms with van der Waals surface area (Å²) < 4.78 is 0. The number of hydrogen-bond acceptors (Lipinski definition) is 2. The summed E-state index contributed by atoms with van der Waals surface area (Å²) in [6.07, 6.45) is 2.32. The van der Waals surface area contributed by atoms with E-state index in [0.717, 1.165) is 18.5 Å². The number of aromatic nitrogens is 1. The van der Waals surface area contributed by atoms with Gasteiger partial charge in [-0.3, -0.25) is 4.79 Å². The fraction of sp³-hybridized carbons (Fsp3) is 0.538. The lowest BCUT2D eigenvalue weighted by Crippen LogP contribution is -2.19. The standard InChI is InChI=1S/C13H20N2O/c1-5-6-9(2)11-7-8-12(13(16)14-4)15-10(11)3/h7-9H,5-6H2,1-4H3,(H,14,16). The van der Waals surface area contributed by atoms with E-state index < -0.39 is 0 Å². The molecular formula is C13H20N2O. The van der Waals surface area contributed by atoms with Crippen molar-refractivity contribution >= 4 is 5.91 Å². The topological polar surface area (TPSA) is 42.0 Å². The molecule has 0 aliphatic carbocycles. The number of pyridine rings is 1. The number of hydrogen-bond donors (Lipinski definition) is 1. The summed E-state index contributed by atoms with van der Waals surface area (Å²) in [7, 11) is 1.62. The number of nitrogens with one attached hydrogen (secondary N) is 1. The van der Waals surface area contributed by atoms with Crippen molar-refractivity contribution in [2.45, 2.75) is 39.5 Å². The number of amides is 1. The zero-order chi connectivity index (χ0) is 12.1. The summed E-state index contributed by atoms with van der Waals surface area (Å²) in [5.41, 5.74) is 2.70. The minimum Gasteiger partial charge on any atom is -0.354 e. The van der Waals surface area contributed by atoms with Crippen LogP contribution in [0.4, 0.5) is 0 Å². The Bertz CT molecular complexity index is 374. The van der Waals surface area contributed by atoms with E-state index in [2.05, 4.69) is 24.1 Å². The first-order valence-corrected chi connectivity index (χ1v) is 5.79. The van der Waals surface area contributed by atoms with Crippen LogP contribution in [0.1, 0.15) is 54.4 Å². The number of nitrogens with zero attached hydrogens (tertiary/aromatic N) is 1. The Morgan fingerprint density at radius 2 is 2.19 bits per heavy atom. The Hall–Kier alpha value is -1.38. The van der Waals surface area contributed by atoms with Gasteiger partial charge in [-0.1, -0.05) is 26.3 Å². The van der Waals surface area contributed by atoms with Crippen LogP contribution >= 0.6 is 0 Å². The highest BCUT2D eigenvalue weighted by molar-refractivity contribution is 5.92. The second-order valence-electron chi connectivity index (χ2n) is 4.14. The lowest BCUT2D eigenvalue weighted by atomic mass is 9.95. The Morgan fingerprint density at radius 3 is 2.69 bits per heavy atom. The molecule has 1 N–H and O–H groups in total. The van der Waals surface area contributed by atoms with Gasteiger partial charge in [0.2, 0.25) is 0 Å². The third-order valence-corrected chi connectivity index (χ3v) is 2.84. The van der Waals surface area contributed by atoms with Gasteiger partial charge in [-0.25, -0.2) is 4.98 Å². The van der Waals surface area contributed by atoms with Gasteiger partial charge in [-0.05, 0) is 30.9 Å². The van der Waals surface area contributed by atoms with Crippen LogP contribution < -0.4 is 5.32 Å². The van der Waals surface area contributed by atoms with E-state index in [1.54, 1.807) is 13.1 Å². The van der Waals surface area contributed by atoms with Crippen LogP contribution in [0.25, 0.3) is 0 Å². The van der Waals surface area contributed by atoms with Crippen LogP contribution in [0, 0.1) is 6.92 Å². The molecule has 1 amide bonds. The monoisotopic (exact) mass is 220 g/mol. The second-order valence-corrected chi connectivity index (χ2v) is 4.14. The average molecular weight is 220 g/mol. The molecule has 0 aliphatic rings. The molecule has 0 saturated heterocycles. The van der Waals surface area contributed by atoms with Crippen molar-refractivity contribution < 1.29 is 4.79 Å². The molecule has 0 radical (unpaired) electrons. The van der Waals surface area contributed by atoms with Crippen molar-refractivity contribution in [1.29, 1.82) is 0 Å². The highest BCUT2D eigenvalue weighted by Crippen LogP contribution is 2.22. The molecule has 1 aromatic rings. The summed E-state index contributed by atoms with van der Waals surface area (Å²) in [6.45, 7) is 6.35. The normalized spacial score (nSPS) is 12.2. The molecule has 0 saturated carbocycles. The zero-order valence-electron chi connectivity index (χ0n) is 10.5. The van der Waals surface area contributed by atoms with Crippen LogP contribution in [0.2, 0.25) is 0 Å². The maximum atomic E-state index is 11.4. The summed E-state index contributed by atoms with van der Waals surface area (Å²) in [5.74, 6) is 0.383. The second kappa shape index (κ2) is 5.64. The van der Waals surface area contributed by atoms with Gasteiger partial charge in [0.1, 0.15) is 5.69 Å². The average Bonchev–Trinajstić information content (AvgIpc) is 2.28. The molecule has 0 spiro atoms. The molecule has 0 fully saturated rings. The smallest absolute Gasteiger partial charge is 0.269 e. The fourth-order valence-electron chi connectivity index (χ4n) is 1.94. The molecular weight excluding hydrogens is 200 g/mol. The van der Waals surface area contributed by atoms with Gasteiger partial charge in [-0.15, -0.1) is 0 Å². The van der Waals surface area contributed by atoms with Crippen LogP contribution in [-0.4, -0.2) is 17.9 Å². The molecule has 0 aromatic carbocycles. The molecule has 0 bridgehead atoms. The summed E-state index contributed by atoms with van der Waals surface area (Å²) in [6, 6.07) is 3.82. The Kier molecular flexibility index (Phi) is 4.47. The van der Waals surface area contributed by atoms with E-state index in [9.17, 15) is 4.79 Å². The minimum absolute atomic E-state index is 0.127. The van der Waals surface area contributed by atoms with Crippen molar-refractivity contribution in [3.05, 3.63) is 29.1 Å². The first-order valence-electron chi connectivity index (χ1n) is 5.79. The maximum Gasteiger partial charge on any atom is 0.269 e. The maximum absolute atomic E-state index is 11.4. The van der Waals surface area contributed by atoms with Crippen molar-refractivity contribution in [2.24, 2.45) is 0 Å². The molecule has 1 heterocycles. The molecule has 1 unspecified atom stereocenters. The third-order valence-electron chi connectivity index (χ3n) is 2.84. The molecule has 3 heteroatoms. The van der Waals surface area contributed by atoms with Gasteiger partial charge < -0.3 is 5.32 Å².